The molecule has 0 aliphatic carbocycles. The molecule has 4 aromatic carbocycles. The number of H-pyrrole nitrogens is 1. The average molecular weight is 780 g/mol. The van der Waals surface area contributed by atoms with Crippen LogP contribution in [-0.4, -0.2) is 64.9 Å². The van der Waals surface area contributed by atoms with E-state index in [0.29, 0.717) is 22.6 Å². The number of carbonyl (C=O) groups excluding carboxylic acids is 1. The lowest BCUT2D eigenvalue weighted by Crippen LogP contribution is -2.40. The number of nitrogens with one attached hydrogen (secondary N) is 1. The van der Waals surface area contributed by atoms with E-state index in [1.165, 1.54) is 10.8 Å². The fourth-order valence-corrected chi connectivity index (χ4v) is 9.36. The molecule has 2 heterocycles. The average Bonchev–Trinajstić information content (AvgIpc) is 3.61. The van der Waals surface area contributed by atoms with Crippen molar-refractivity contribution in [3.8, 4) is 11.5 Å². The second-order valence-corrected chi connectivity index (χ2v) is 15.9. The highest BCUT2D eigenvalue weighted by atomic mass is 31.2. The van der Waals surface area contributed by atoms with Crippen molar-refractivity contribution in [3.05, 3.63) is 164 Å². The van der Waals surface area contributed by atoms with E-state index in [1.54, 1.807) is 33.3 Å². The van der Waals surface area contributed by atoms with E-state index in [1.807, 2.05) is 125 Å². The van der Waals surface area contributed by atoms with E-state index in [0.717, 1.165) is 16.7 Å². The van der Waals surface area contributed by atoms with E-state index in [2.05, 4.69) is 9.65 Å². The molecule has 1 unspecified atom stereocenters. The van der Waals surface area contributed by atoms with Gasteiger partial charge in [0.05, 0.1) is 26.9 Å². The smallest absolute Gasteiger partial charge is 0.330 e. The van der Waals surface area contributed by atoms with Crippen LogP contribution in [-0.2, 0) is 19.6 Å². The van der Waals surface area contributed by atoms with Gasteiger partial charge in [0.25, 0.3) is 5.56 Å². The Morgan fingerprint density at radius 2 is 1.34 bits per heavy atom. The molecule has 1 saturated heterocycles. The molecule has 1 fully saturated rings. The van der Waals surface area contributed by atoms with Gasteiger partial charge in [-0.25, -0.2) is 9.46 Å². The number of hydrogen-bond acceptors (Lipinski definition) is 9. The molecule has 1 N–H and O–H groups in total. The largest absolute Gasteiger partial charge is 0.497 e. The lowest BCUT2D eigenvalue weighted by Gasteiger charge is -2.39. The van der Waals surface area contributed by atoms with Crippen LogP contribution in [0.1, 0.15) is 73.0 Å². The maximum atomic E-state index is 14.4. The Labute approximate surface area is 329 Å². The number of aryl methyl sites for hydroxylation is 1. The van der Waals surface area contributed by atoms with Crippen LogP contribution >= 0.6 is 8.30 Å². The third-order valence-electron chi connectivity index (χ3n) is 9.97. The highest BCUT2D eigenvalue weighted by Gasteiger charge is 2.46. The summed E-state index contributed by atoms with van der Waals surface area (Å²) in [5.74, 6) is 1.39. The molecule has 11 nitrogen and oxygen atoms in total. The van der Waals surface area contributed by atoms with Crippen molar-refractivity contribution >= 4 is 13.8 Å². The molecule has 0 amide bonds. The van der Waals surface area contributed by atoms with Crippen molar-refractivity contribution in [2.45, 2.75) is 77.2 Å². The Balaban J connectivity index is 1.46. The fraction of sp³-hybridized carbons (Fsp3) is 0.341. The lowest BCUT2D eigenvalue weighted by molar-refractivity contribution is -0.0913. The number of ether oxygens (including phenoxy) is 4. The van der Waals surface area contributed by atoms with Crippen molar-refractivity contribution in [1.29, 1.82) is 0 Å². The minimum Gasteiger partial charge on any atom is -0.497 e. The number of nitrogens with zero attached hydrogens (tertiary/aromatic N) is 2. The molecule has 4 atom stereocenters. The summed E-state index contributed by atoms with van der Waals surface area (Å²) < 4.78 is 35.6. The summed E-state index contributed by atoms with van der Waals surface area (Å²) >= 11 is 0. The summed E-state index contributed by atoms with van der Waals surface area (Å²) in [6, 6.07) is 34.5. The highest BCUT2D eigenvalue weighted by molar-refractivity contribution is 7.69. The highest BCUT2D eigenvalue weighted by Crippen LogP contribution is 2.52. The van der Waals surface area contributed by atoms with Gasteiger partial charge in [0.1, 0.15) is 29.4 Å². The van der Waals surface area contributed by atoms with Crippen LogP contribution in [0.5, 0.6) is 11.5 Å². The first-order valence-corrected chi connectivity index (χ1v) is 20.0. The van der Waals surface area contributed by atoms with Crippen LogP contribution in [0.15, 0.2) is 125 Å². The normalized spacial score (nSPS) is 17.7. The zero-order chi connectivity index (χ0) is 40.0. The van der Waals surface area contributed by atoms with Gasteiger partial charge in [-0.1, -0.05) is 84.9 Å². The maximum absolute atomic E-state index is 14.4. The third-order valence-corrected chi connectivity index (χ3v) is 12.4. The van der Waals surface area contributed by atoms with Crippen LogP contribution in [0, 0.1) is 6.92 Å². The Morgan fingerprint density at radius 3 is 1.86 bits per heavy atom. The van der Waals surface area contributed by atoms with Crippen LogP contribution in [0.2, 0.25) is 0 Å². The molecule has 56 heavy (non-hydrogen) atoms. The summed E-state index contributed by atoms with van der Waals surface area (Å²) in [7, 11) is 1.37. The van der Waals surface area contributed by atoms with Crippen molar-refractivity contribution in [2.75, 3.05) is 20.8 Å². The van der Waals surface area contributed by atoms with E-state index in [9.17, 15) is 14.4 Å². The van der Waals surface area contributed by atoms with Gasteiger partial charge < -0.3 is 23.5 Å². The predicted octanol–water partition coefficient (Wildman–Crippen LogP) is 7.81. The summed E-state index contributed by atoms with van der Waals surface area (Å²) in [4.78, 5) is 42.5. The second kappa shape index (κ2) is 17.9. The standard InChI is InChI=1S/C44H50N3O8P/c1-29(2)47(30(3)4)56(42(49)32-14-10-8-11-15-32)55-38-26-40(46-27-31(5)41(48)45-43(46)50)54-39(38)28-53-44(33-16-12-9-13-17-33,34-18-22-36(51-6)23-19-34)35-20-24-37(52-7)25-21-35/h8-25,27,29-30,38-40H,26,28H2,1-7H3,(H,45,48,50)/t38-,39+,40+,56?/m0/s1. The predicted molar refractivity (Wildman–Crippen MR) is 218 cm³/mol. The van der Waals surface area contributed by atoms with Gasteiger partial charge in [-0.15, -0.1) is 0 Å². The molecule has 294 valence electrons. The molecule has 0 bridgehead atoms. The topological polar surface area (TPSA) is 121 Å². The lowest BCUT2D eigenvalue weighted by atomic mass is 9.80. The van der Waals surface area contributed by atoms with Crippen molar-refractivity contribution in [1.82, 2.24) is 14.2 Å². The maximum Gasteiger partial charge on any atom is 0.330 e. The molecule has 0 saturated carbocycles. The molecule has 0 radical (unpaired) electrons. The molecule has 12 heteroatoms. The summed E-state index contributed by atoms with van der Waals surface area (Å²) in [5, 5.41) is 0. The molecule has 1 aliphatic heterocycles. The van der Waals surface area contributed by atoms with E-state index >= 15 is 0 Å². The number of carbonyl (C=O) groups is 1. The molecule has 1 aliphatic rings. The van der Waals surface area contributed by atoms with Crippen LogP contribution in [0.25, 0.3) is 0 Å². The number of rotatable bonds is 16. The number of benzene rings is 4. The van der Waals surface area contributed by atoms with Crippen molar-refractivity contribution in [3.63, 3.8) is 0 Å². The minimum atomic E-state index is -1.88. The quantitative estimate of drug-likeness (QED) is 0.0790. The monoisotopic (exact) mass is 779 g/mol. The first kappa shape index (κ1) is 40.8. The third kappa shape index (κ3) is 8.57. The van der Waals surface area contributed by atoms with E-state index < -0.39 is 43.6 Å². The van der Waals surface area contributed by atoms with E-state index in [4.69, 9.17) is 23.5 Å². The number of methoxy groups -OCH3 is 2. The van der Waals surface area contributed by atoms with Gasteiger partial charge in [0.2, 0.25) is 5.52 Å². The molecule has 5 aromatic rings. The first-order chi connectivity index (χ1) is 27.0. The Hall–Kier alpha value is -4.90. The molecule has 0 spiro atoms. The van der Waals surface area contributed by atoms with Gasteiger partial charge in [0.15, 0.2) is 8.30 Å². The van der Waals surface area contributed by atoms with Gasteiger partial charge >= 0.3 is 5.69 Å². The zero-order valence-corrected chi connectivity index (χ0v) is 33.8. The number of aromatic nitrogens is 2. The fourth-order valence-electron chi connectivity index (χ4n) is 7.26. The van der Waals surface area contributed by atoms with Crippen LogP contribution < -0.4 is 20.7 Å². The minimum absolute atomic E-state index is 0.00271. The molecular weight excluding hydrogens is 729 g/mol. The molecule has 1 aromatic heterocycles. The Kier molecular flexibility index (Phi) is 13.0. The Morgan fingerprint density at radius 1 is 0.821 bits per heavy atom. The van der Waals surface area contributed by atoms with E-state index in [-0.39, 0.29) is 30.6 Å². The van der Waals surface area contributed by atoms with Gasteiger partial charge in [-0.3, -0.25) is 19.1 Å². The molecular formula is C44H50N3O8P. The second-order valence-electron chi connectivity index (χ2n) is 14.3. The van der Waals surface area contributed by atoms with Gasteiger partial charge in [0, 0.05) is 35.8 Å². The zero-order valence-electron chi connectivity index (χ0n) is 32.9. The first-order valence-electron chi connectivity index (χ1n) is 18.8. The summed E-state index contributed by atoms with van der Waals surface area (Å²) in [6.07, 6.45) is -0.554. The van der Waals surface area contributed by atoms with Crippen LogP contribution in [0.3, 0.4) is 0 Å². The Bertz CT molecular complexity index is 2120. The van der Waals surface area contributed by atoms with Gasteiger partial charge in [-0.2, -0.15) is 0 Å². The molecule has 6 rings (SSSR count). The summed E-state index contributed by atoms with van der Waals surface area (Å²) in [5.41, 5.74) is 1.08. The van der Waals surface area contributed by atoms with Gasteiger partial charge in [-0.05, 0) is 75.6 Å². The van der Waals surface area contributed by atoms with Crippen LogP contribution in [0.4, 0.5) is 0 Å². The van der Waals surface area contributed by atoms with Crippen molar-refractivity contribution < 1.29 is 28.3 Å². The SMILES string of the molecule is COc1ccc(C(OC[C@H]2O[C@@H](n3cc(C)c(=O)[nH]c3=O)C[C@@H]2OP(C(=O)c2ccccc2)N(C(C)C)C(C)C)(c2ccccc2)c2ccc(OC)cc2)cc1. The summed E-state index contributed by atoms with van der Waals surface area (Å²) in [6.45, 7) is 9.82. The number of hydrogen-bond donors (Lipinski definition) is 1. The van der Waals surface area contributed by atoms with Crippen molar-refractivity contribution in [2.24, 2.45) is 0 Å². The number of aromatic amines is 1.